The normalized spacial score (nSPS) is 13.1. The number of amides is 3. The highest BCUT2D eigenvalue weighted by Gasteiger charge is 2.20. The van der Waals surface area contributed by atoms with Crippen molar-refractivity contribution in [3.8, 4) is 0 Å². The second-order valence-electron chi connectivity index (χ2n) is 6.00. The first-order valence-electron chi connectivity index (χ1n) is 7.86. The fourth-order valence-corrected chi connectivity index (χ4v) is 2.80. The van der Waals surface area contributed by atoms with Gasteiger partial charge < -0.3 is 20.6 Å². The number of carbonyl (C=O) groups is 2. The van der Waals surface area contributed by atoms with Crippen LogP contribution in [-0.4, -0.2) is 28.7 Å². The number of carboxylic acid groups (broad SMARTS) is 1. The number of nitrogens with one attached hydrogen (secondary N) is 2. The lowest BCUT2D eigenvalue weighted by Crippen LogP contribution is -2.34. The van der Waals surface area contributed by atoms with Gasteiger partial charge >= 0.3 is 12.1 Å². The molecule has 25 heavy (non-hydrogen) atoms. The molecule has 130 valence electrons. The van der Waals surface area contributed by atoms with Crippen LogP contribution >= 0.6 is 0 Å². The van der Waals surface area contributed by atoms with Crippen LogP contribution in [0, 0.1) is 12.7 Å². The third-order valence-electron chi connectivity index (χ3n) is 4.12. The molecule has 2 aromatic rings. The summed E-state index contributed by atoms with van der Waals surface area (Å²) in [6.07, 6.45) is -0.349. The molecule has 1 heterocycles. The maximum absolute atomic E-state index is 13.8. The number of aryl methyl sites for hydroxylation is 1. The number of halogens is 1. The molecule has 0 aromatic heterocycles. The molecule has 1 aliphatic rings. The summed E-state index contributed by atoms with van der Waals surface area (Å²) < 4.78 is 13.8. The summed E-state index contributed by atoms with van der Waals surface area (Å²) in [6, 6.07) is 9.36. The molecule has 6 nitrogen and oxygen atoms in total. The van der Waals surface area contributed by atoms with Crippen LogP contribution in [0.4, 0.5) is 25.4 Å². The molecular formula is C18H18FN3O3. The molecule has 0 bridgehead atoms. The molecule has 3 amide bonds. The van der Waals surface area contributed by atoms with Crippen LogP contribution in [0.5, 0.6) is 0 Å². The Labute approximate surface area is 144 Å². The Morgan fingerprint density at radius 2 is 1.92 bits per heavy atom. The van der Waals surface area contributed by atoms with Crippen molar-refractivity contribution in [2.75, 3.05) is 17.2 Å². The van der Waals surface area contributed by atoms with Gasteiger partial charge in [0, 0.05) is 18.8 Å². The second kappa shape index (κ2) is 6.80. The Morgan fingerprint density at radius 3 is 2.64 bits per heavy atom. The Balaban J connectivity index is 1.67. The van der Waals surface area contributed by atoms with Crippen LogP contribution in [0.25, 0.3) is 0 Å². The predicted octanol–water partition coefficient (Wildman–Crippen LogP) is 3.81. The molecule has 7 heteroatoms. The van der Waals surface area contributed by atoms with Crippen LogP contribution < -0.4 is 10.6 Å². The van der Waals surface area contributed by atoms with Crippen molar-refractivity contribution in [2.24, 2.45) is 0 Å². The fourth-order valence-electron chi connectivity index (χ4n) is 2.80. The van der Waals surface area contributed by atoms with Gasteiger partial charge in [0.05, 0.1) is 5.69 Å². The van der Waals surface area contributed by atoms with Crippen molar-refractivity contribution in [3.05, 3.63) is 58.9 Å². The van der Waals surface area contributed by atoms with Crippen LogP contribution in [-0.2, 0) is 13.0 Å². The number of hydrogen-bond acceptors (Lipinski definition) is 2. The van der Waals surface area contributed by atoms with Gasteiger partial charge in [-0.1, -0.05) is 12.1 Å². The van der Waals surface area contributed by atoms with Crippen molar-refractivity contribution in [1.29, 1.82) is 0 Å². The largest absolute Gasteiger partial charge is 0.465 e. The maximum Gasteiger partial charge on any atom is 0.407 e. The van der Waals surface area contributed by atoms with Gasteiger partial charge in [-0.15, -0.1) is 0 Å². The molecule has 3 N–H and O–H groups in total. The lowest BCUT2D eigenvalue weighted by atomic mass is 9.99. The molecule has 0 unspecified atom stereocenters. The van der Waals surface area contributed by atoms with Crippen molar-refractivity contribution >= 4 is 23.5 Å². The third-order valence-corrected chi connectivity index (χ3v) is 4.12. The van der Waals surface area contributed by atoms with Gasteiger partial charge in [-0.05, 0) is 54.3 Å². The number of anilines is 2. The van der Waals surface area contributed by atoms with Crippen molar-refractivity contribution < 1.29 is 19.1 Å². The summed E-state index contributed by atoms with van der Waals surface area (Å²) in [4.78, 5) is 24.4. The lowest BCUT2D eigenvalue weighted by Gasteiger charge is -2.26. The first kappa shape index (κ1) is 16.8. The summed E-state index contributed by atoms with van der Waals surface area (Å²) in [7, 11) is 0. The zero-order chi connectivity index (χ0) is 18.0. The number of carbonyl (C=O) groups excluding carboxylic acids is 1. The molecule has 0 radical (unpaired) electrons. The molecule has 0 aliphatic carbocycles. The summed E-state index contributed by atoms with van der Waals surface area (Å²) in [5.74, 6) is -0.491. The van der Waals surface area contributed by atoms with E-state index >= 15 is 0 Å². The molecule has 0 spiro atoms. The summed E-state index contributed by atoms with van der Waals surface area (Å²) in [6.45, 7) is 2.53. The number of rotatable bonds is 2. The Bertz CT molecular complexity index is 838. The molecule has 0 saturated carbocycles. The van der Waals surface area contributed by atoms with E-state index in [0.29, 0.717) is 25.2 Å². The van der Waals surface area contributed by atoms with E-state index in [1.165, 1.54) is 17.0 Å². The summed E-state index contributed by atoms with van der Waals surface area (Å²) in [5, 5.41) is 14.2. The number of benzene rings is 2. The van der Waals surface area contributed by atoms with E-state index in [4.69, 9.17) is 5.11 Å². The number of urea groups is 1. The highest BCUT2D eigenvalue weighted by Crippen LogP contribution is 2.23. The van der Waals surface area contributed by atoms with Crippen LogP contribution in [0.1, 0.15) is 16.7 Å². The average molecular weight is 343 g/mol. The van der Waals surface area contributed by atoms with Crippen molar-refractivity contribution in [3.63, 3.8) is 0 Å². The Morgan fingerprint density at radius 1 is 1.12 bits per heavy atom. The number of nitrogens with zero attached hydrogens (tertiary/aromatic N) is 1. The third kappa shape index (κ3) is 3.88. The van der Waals surface area contributed by atoms with Gasteiger partial charge in [0.15, 0.2) is 0 Å². The van der Waals surface area contributed by atoms with E-state index in [9.17, 15) is 14.0 Å². The van der Waals surface area contributed by atoms with Gasteiger partial charge in [-0.2, -0.15) is 0 Å². The second-order valence-corrected chi connectivity index (χ2v) is 6.00. The van der Waals surface area contributed by atoms with Crippen LogP contribution in [0.15, 0.2) is 36.4 Å². The molecule has 0 saturated heterocycles. The van der Waals surface area contributed by atoms with Gasteiger partial charge in [-0.3, -0.25) is 0 Å². The topological polar surface area (TPSA) is 81.7 Å². The fraction of sp³-hybridized carbons (Fsp3) is 0.222. The van der Waals surface area contributed by atoms with Crippen LogP contribution in [0.2, 0.25) is 0 Å². The smallest absolute Gasteiger partial charge is 0.407 e. The number of fused-ring (bicyclic) bond motifs is 1. The molecule has 0 atom stereocenters. The highest BCUT2D eigenvalue weighted by atomic mass is 19.1. The Kier molecular flexibility index (Phi) is 4.56. The quantitative estimate of drug-likeness (QED) is 0.775. The van der Waals surface area contributed by atoms with E-state index in [0.717, 1.165) is 16.7 Å². The monoisotopic (exact) mass is 343 g/mol. The molecule has 1 aliphatic heterocycles. The SMILES string of the molecule is Cc1ccc(NC(=O)Nc2ccc3c(c2)CCN(C(=O)O)C3)c(F)c1. The first-order valence-corrected chi connectivity index (χ1v) is 7.86. The van der Waals surface area contributed by atoms with Crippen molar-refractivity contribution in [2.45, 2.75) is 19.9 Å². The minimum absolute atomic E-state index is 0.109. The van der Waals surface area contributed by atoms with E-state index < -0.39 is 17.9 Å². The zero-order valence-electron chi connectivity index (χ0n) is 13.7. The average Bonchev–Trinajstić information content (AvgIpc) is 2.57. The van der Waals surface area contributed by atoms with E-state index in [1.54, 1.807) is 25.1 Å². The minimum atomic E-state index is -0.938. The summed E-state index contributed by atoms with van der Waals surface area (Å²) >= 11 is 0. The Hall–Kier alpha value is -3.09. The lowest BCUT2D eigenvalue weighted by molar-refractivity contribution is 0.140. The van der Waals surface area contributed by atoms with Gasteiger partial charge in [-0.25, -0.2) is 14.0 Å². The molecule has 3 rings (SSSR count). The molecular weight excluding hydrogens is 325 g/mol. The van der Waals surface area contributed by atoms with Crippen LogP contribution in [0.3, 0.4) is 0 Å². The molecule has 0 fully saturated rings. The highest BCUT2D eigenvalue weighted by molar-refractivity contribution is 5.99. The minimum Gasteiger partial charge on any atom is -0.465 e. The maximum atomic E-state index is 13.8. The van der Waals surface area contributed by atoms with Gasteiger partial charge in [0.2, 0.25) is 0 Å². The first-order chi connectivity index (χ1) is 11.9. The predicted molar refractivity (Wildman–Crippen MR) is 92.4 cm³/mol. The van der Waals surface area contributed by atoms with E-state index in [2.05, 4.69) is 10.6 Å². The molecule has 2 aromatic carbocycles. The van der Waals surface area contributed by atoms with Crippen molar-refractivity contribution in [1.82, 2.24) is 4.90 Å². The zero-order valence-corrected chi connectivity index (χ0v) is 13.7. The van der Waals surface area contributed by atoms with E-state index in [1.807, 2.05) is 6.07 Å². The van der Waals surface area contributed by atoms with Gasteiger partial charge in [0.1, 0.15) is 5.82 Å². The summed E-state index contributed by atoms with van der Waals surface area (Å²) in [5.41, 5.74) is 3.38. The van der Waals surface area contributed by atoms with Gasteiger partial charge in [0.25, 0.3) is 0 Å². The standard InChI is InChI=1S/C18H18FN3O3/c1-11-2-5-16(15(19)8-11)21-17(23)20-14-4-3-13-10-22(18(24)25)7-6-12(13)9-14/h2-5,8-9H,6-7,10H2,1H3,(H,24,25)(H2,20,21,23). The van der Waals surface area contributed by atoms with E-state index in [-0.39, 0.29) is 5.69 Å². The number of hydrogen-bond donors (Lipinski definition) is 3.